The number of carbonyl (C=O) groups excluding carboxylic acids is 2. The number of hydrogen-bond donors (Lipinski definition) is 1. The number of fused-ring (bicyclic) bond motifs is 3. The van der Waals surface area contributed by atoms with Crippen LogP contribution in [0.4, 0.5) is 5.69 Å². The maximum atomic E-state index is 13.9. The second-order valence-corrected chi connectivity index (χ2v) is 11.2. The summed E-state index contributed by atoms with van der Waals surface area (Å²) in [5.74, 6) is 0.680. The standard InChI is InChI=1S/C27H33N3O2S/c1-17(2)19-9-11-20(12-10-19)30-25(31)23-15-24-22(13-14-33-24)29(23)16-27(30,4)26(32)28-21-8-6-5-7-18(21)3/h9-15,17-18,21H,5-8,16H2,1-4H3,(H,28,32)/t18-,21-,27-/m1/s1. The van der Waals surface area contributed by atoms with Crippen molar-refractivity contribution < 1.29 is 9.59 Å². The molecule has 1 aliphatic heterocycles. The second kappa shape index (κ2) is 8.32. The van der Waals surface area contributed by atoms with Gasteiger partial charge < -0.3 is 9.88 Å². The van der Waals surface area contributed by atoms with E-state index in [0.717, 1.165) is 35.2 Å². The molecule has 0 radical (unpaired) electrons. The molecule has 2 aliphatic rings. The highest BCUT2D eigenvalue weighted by Crippen LogP contribution is 2.38. The maximum Gasteiger partial charge on any atom is 0.275 e. The van der Waals surface area contributed by atoms with Gasteiger partial charge in [0.05, 0.1) is 16.8 Å². The lowest BCUT2D eigenvalue weighted by molar-refractivity contribution is -0.127. The van der Waals surface area contributed by atoms with E-state index in [1.54, 1.807) is 16.2 Å². The fourth-order valence-corrected chi connectivity index (χ4v) is 6.30. The average Bonchev–Trinajstić information content (AvgIpc) is 3.38. The minimum absolute atomic E-state index is 0.0646. The summed E-state index contributed by atoms with van der Waals surface area (Å²) >= 11 is 1.63. The Labute approximate surface area is 199 Å². The summed E-state index contributed by atoms with van der Waals surface area (Å²) in [6.07, 6.45) is 4.50. The van der Waals surface area contributed by atoms with Crippen LogP contribution in [0.15, 0.2) is 41.8 Å². The van der Waals surface area contributed by atoms with Crippen LogP contribution in [0.3, 0.4) is 0 Å². The third kappa shape index (κ3) is 3.68. The molecule has 5 rings (SSSR count). The number of aromatic nitrogens is 1. The first-order valence-electron chi connectivity index (χ1n) is 12.1. The van der Waals surface area contributed by atoms with Gasteiger partial charge in [0, 0.05) is 11.7 Å². The van der Waals surface area contributed by atoms with Gasteiger partial charge in [-0.2, -0.15) is 0 Å². The second-order valence-electron chi connectivity index (χ2n) is 10.3. The van der Waals surface area contributed by atoms with Crippen LogP contribution in [0.25, 0.3) is 10.2 Å². The van der Waals surface area contributed by atoms with Crippen molar-refractivity contribution in [2.24, 2.45) is 5.92 Å². The Hall–Kier alpha value is -2.60. The van der Waals surface area contributed by atoms with E-state index in [2.05, 4.69) is 38.2 Å². The van der Waals surface area contributed by atoms with Gasteiger partial charge in [0.25, 0.3) is 5.91 Å². The van der Waals surface area contributed by atoms with Gasteiger partial charge in [0.2, 0.25) is 5.91 Å². The van der Waals surface area contributed by atoms with Crippen LogP contribution in [0, 0.1) is 5.92 Å². The molecule has 2 amide bonds. The molecule has 0 saturated heterocycles. The van der Waals surface area contributed by atoms with Gasteiger partial charge in [-0.05, 0) is 66.8 Å². The average molecular weight is 464 g/mol. The zero-order valence-electron chi connectivity index (χ0n) is 19.9. The normalized spacial score (nSPS) is 25.5. The Morgan fingerprint density at radius 2 is 1.88 bits per heavy atom. The Morgan fingerprint density at radius 1 is 1.15 bits per heavy atom. The van der Waals surface area contributed by atoms with E-state index >= 15 is 0 Å². The van der Waals surface area contributed by atoms with Crippen molar-refractivity contribution in [2.75, 3.05) is 4.90 Å². The van der Waals surface area contributed by atoms with E-state index in [9.17, 15) is 9.59 Å². The lowest BCUT2D eigenvalue weighted by Gasteiger charge is -2.45. The van der Waals surface area contributed by atoms with Crippen molar-refractivity contribution in [1.29, 1.82) is 0 Å². The molecule has 6 heteroatoms. The number of carbonyl (C=O) groups is 2. The molecule has 3 aromatic rings. The van der Waals surface area contributed by atoms with Crippen molar-refractivity contribution in [3.8, 4) is 0 Å². The fourth-order valence-electron chi connectivity index (χ4n) is 5.48. The number of amides is 2. The number of rotatable bonds is 4. The van der Waals surface area contributed by atoms with Gasteiger partial charge in [-0.25, -0.2) is 0 Å². The largest absolute Gasteiger partial charge is 0.351 e. The monoisotopic (exact) mass is 463 g/mol. The summed E-state index contributed by atoms with van der Waals surface area (Å²) in [5, 5.41) is 5.39. The molecule has 1 N–H and O–H groups in total. The Bertz CT molecular complexity index is 1190. The SMILES string of the molecule is CC(C)c1ccc(N2C(=O)c3cc4sccc4n3C[C@]2(C)C(=O)N[C@@H]2CCCC[C@H]2C)cc1. The van der Waals surface area contributed by atoms with E-state index in [4.69, 9.17) is 0 Å². The number of benzene rings is 1. The minimum Gasteiger partial charge on any atom is -0.351 e. The van der Waals surface area contributed by atoms with Crippen LogP contribution in [0.1, 0.15) is 75.3 Å². The number of nitrogens with zero attached hydrogens (tertiary/aromatic N) is 2. The molecule has 1 aromatic carbocycles. The summed E-state index contributed by atoms with van der Waals surface area (Å²) in [4.78, 5) is 29.6. The summed E-state index contributed by atoms with van der Waals surface area (Å²) < 4.78 is 3.12. The van der Waals surface area contributed by atoms with E-state index < -0.39 is 5.54 Å². The molecular formula is C27H33N3O2S. The minimum atomic E-state index is -1.02. The van der Waals surface area contributed by atoms with Crippen molar-refractivity contribution in [2.45, 2.75) is 77.4 Å². The van der Waals surface area contributed by atoms with Crippen LogP contribution in [-0.2, 0) is 11.3 Å². The summed E-state index contributed by atoms with van der Waals surface area (Å²) in [6, 6.07) is 12.3. The highest BCUT2D eigenvalue weighted by atomic mass is 32.1. The predicted molar refractivity (Wildman–Crippen MR) is 135 cm³/mol. The van der Waals surface area contributed by atoms with Crippen molar-refractivity contribution in [1.82, 2.24) is 9.88 Å². The molecule has 2 aromatic heterocycles. The molecule has 0 unspecified atom stereocenters. The molecule has 3 heterocycles. The molecule has 1 fully saturated rings. The first-order chi connectivity index (χ1) is 15.8. The molecule has 1 aliphatic carbocycles. The number of thiophene rings is 1. The van der Waals surface area contributed by atoms with Crippen LogP contribution in [-0.4, -0.2) is 28.0 Å². The third-order valence-corrected chi connectivity index (χ3v) is 8.49. The zero-order chi connectivity index (χ0) is 23.3. The zero-order valence-corrected chi connectivity index (χ0v) is 20.7. The van der Waals surface area contributed by atoms with Crippen LogP contribution in [0.5, 0.6) is 0 Å². The van der Waals surface area contributed by atoms with E-state index in [1.165, 1.54) is 12.0 Å². The molecular weight excluding hydrogens is 430 g/mol. The third-order valence-electron chi connectivity index (χ3n) is 7.64. The predicted octanol–water partition coefficient (Wildman–Crippen LogP) is 5.94. The number of hydrogen-bond acceptors (Lipinski definition) is 3. The van der Waals surface area contributed by atoms with Gasteiger partial charge in [-0.1, -0.05) is 45.7 Å². The van der Waals surface area contributed by atoms with Crippen LogP contribution < -0.4 is 10.2 Å². The summed E-state index contributed by atoms with van der Waals surface area (Å²) in [5.41, 5.74) is 2.65. The molecule has 33 heavy (non-hydrogen) atoms. The highest BCUT2D eigenvalue weighted by Gasteiger charge is 2.49. The van der Waals surface area contributed by atoms with E-state index in [-0.39, 0.29) is 17.9 Å². The highest BCUT2D eigenvalue weighted by molar-refractivity contribution is 7.17. The van der Waals surface area contributed by atoms with Gasteiger partial charge in [0.1, 0.15) is 11.2 Å². The molecule has 174 valence electrons. The van der Waals surface area contributed by atoms with Crippen molar-refractivity contribution >= 4 is 39.1 Å². The molecule has 0 bridgehead atoms. The Balaban J connectivity index is 1.57. The topological polar surface area (TPSA) is 54.3 Å². The summed E-state index contributed by atoms with van der Waals surface area (Å²) in [6.45, 7) is 8.89. The van der Waals surface area contributed by atoms with Gasteiger partial charge in [-0.3, -0.25) is 14.5 Å². The van der Waals surface area contributed by atoms with Gasteiger partial charge in [0.15, 0.2) is 0 Å². The lowest BCUT2D eigenvalue weighted by Crippen LogP contribution is -2.65. The van der Waals surface area contributed by atoms with E-state index in [0.29, 0.717) is 24.1 Å². The first kappa shape index (κ1) is 22.2. The lowest BCUT2D eigenvalue weighted by atomic mass is 9.84. The van der Waals surface area contributed by atoms with Crippen LogP contribution >= 0.6 is 11.3 Å². The first-order valence-corrected chi connectivity index (χ1v) is 13.0. The molecule has 5 nitrogen and oxygen atoms in total. The van der Waals surface area contributed by atoms with Crippen molar-refractivity contribution in [3.05, 3.63) is 53.0 Å². The number of anilines is 1. The molecule has 1 saturated carbocycles. The maximum absolute atomic E-state index is 13.9. The quantitative estimate of drug-likeness (QED) is 0.521. The molecule has 0 spiro atoms. The van der Waals surface area contributed by atoms with Gasteiger partial charge in [-0.15, -0.1) is 11.3 Å². The fraction of sp³-hybridized carbons (Fsp3) is 0.481. The number of nitrogens with one attached hydrogen (secondary N) is 1. The summed E-state index contributed by atoms with van der Waals surface area (Å²) in [7, 11) is 0. The van der Waals surface area contributed by atoms with Crippen LogP contribution in [0.2, 0.25) is 0 Å². The Morgan fingerprint density at radius 3 is 2.58 bits per heavy atom. The van der Waals surface area contributed by atoms with Crippen molar-refractivity contribution in [3.63, 3.8) is 0 Å². The molecule has 3 atom stereocenters. The van der Waals surface area contributed by atoms with Gasteiger partial charge >= 0.3 is 0 Å². The smallest absolute Gasteiger partial charge is 0.275 e. The Kier molecular flexibility index (Phi) is 5.60. The van der Waals surface area contributed by atoms with E-state index in [1.807, 2.05) is 41.1 Å².